The number of nitrogens with zero attached hydrogens (tertiary/aromatic N) is 9. The van der Waals surface area contributed by atoms with Gasteiger partial charge in [-0.3, -0.25) is 52.7 Å². The molecule has 0 aromatic heterocycles. The summed E-state index contributed by atoms with van der Waals surface area (Å²) in [5.74, 6) is -14.7. The smallest absolute Gasteiger partial charge is 0.377 e. The molecule has 3 aliphatic heterocycles. The van der Waals surface area contributed by atoms with E-state index in [-0.39, 0.29) is 96.4 Å². The first-order valence-electron chi connectivity index (χ1n) is 39.2. The third-order valence-electron chi connectivity index (χ3n) is 24.4. The standard InChI is InChI=1S/C76H122F8N12O12/c1-15-45(3)63-70(105)90(10)44-61(99)92(12)55-25-18-17-21-34-95(69(55)104)58(37-46-26-29-49(30-27-46)75(79,80)81)68(103)89(9)43-59(97)86-54(31-28-47-35-52(77)62(53(78)36-47)76(82,83)84)66(101)96-42-51(108-16-2)38-56(96)65(100)87-74(32-22-33-74)72(107)94(14)64(48-23-19-20-24-48)71(106)93(13)57(67(102)88(7)8)39-60(98)91(11)50(41-85-63)40-73(4,5)6/h45-58,62-64,85H,15-44H2,1-14H3,(H,86,97)(H,87,100)/t45-,46?,47?,49?,50-,51+,52?,53?,54-,55-,56-,57-,58-,62?,63-,64-/m0/s1. The minimum absolute atomic E-state index is 0.0300. The molecule has 2 unspecified atom stereocenters. The number of carbonyl (C=O) groups excluding carboxylic acids is 11. The van der Waals surface area contributed by atoms with E-state index in [4.69, 9.17) is 4.74 Å². The molecular weight excluding hydrogens is 1420 g/mol. The Hall–Kier alpha value is -6.47. The second-order valence-corrected chi connectivity index (χ2v) is 33.7. The van der Waals surface area contributed by atoms with Gasteiger partial charge >= 0.3 is 12.4 Å². The largest absolute Gasteiger partial charge is 0.397 e. The number of carbonyl (C=O) groups is 11. The molecule has 2 bridgehead atoms. The van der Waals surface area contributed by atoms with Gasteiger partial charge in [0.2, 0.25) is 65.0 Å². The molecule has 614 valence electrons. The summed E-state index contributed by atoms with van der Waals surface area (Å²) in [5, 5.41) is 9.03. The molecule has 7 aliphatic rings. The quantitative estimate of drug-likeness (QED) is 0.161. The molecule has 4 aliphatic carbocycles. The number of hydrogen-bond donors (Lipinski definition) is 3. The van der Waals surface area contributed by atoms with Gasteiger partial charge < -0.3 is 64.8 Å². The van der Waals surface area contributed by atoms with Gasteiger partial charge in [-0.25, -0.2) is 8.78 Å². The van der Waals surface area contributed by atoms with Gasteiger partial charge in [-0.15, -0.1) is 0 Å². The Kier molecular flexibility index (Phi) is 31.0. The number of halogens is 8. The van der Waals surface area contributed by atoms with Gasteiger partial charge in [0.25, 0.3) is 0 Å². The number of ether oxygens (including phenoxy) is 1. The number of rotatable bonds is 12. The number of likely N-dealkylation sites (N-methyl/N-ethyl adjacent to an activating group) is 7. The third kappa shape index (κ3) is 22.0. The van der Waals surface area contributed by atoms with Gasteiger partial charge in [0.15, 0.2) is 0 Å². The Morgan fingerprint density at radius 1 is 0.639 bits per heavy atom. The highest BCUT2D eigenvalue weighted by molar-refractivity contribution is 6.00. The lowest BCUT2D eigenvalue weighted by Gasteiger charge is -2.46. The summed E-state index contributed by atoms with van der Waals surface area (Å²) in [6.45, 7) is 9.86. The maximum atomic E-state index is 15.6. The van der Waals surface area contributed by atoms with E-state index >= 15 is 42.3 Å². The molecule has 0 aromatic rings. The van der Waals surface area contributed by atoms with E-state index in [0.29, 0.717) is 64.2 Å². The lowest BCUT2D eigenvalue weighted by Crippen LogP contribution is -2.68. The van der Waals surface area contributed by atoms with Crippen molar-refractivity contribution in [3.8, 4) is 0 Å². The number of amides is 11. The number of nitrogens with one attached hydrogen (secondary N) is 3. The van der Waals surface area contributed by atoms with Crippen molar-refractivity contribution in [2.24, 2.45) is 40.9 Å². The molecule has 0 radical (unpaired) electrons. The maximum absolute atomic E-state index is 15.6. The lowest BCUT2D eigenvalue weighted by molar-refractivity contribution is -0.219. The lowest BCUT2D eigenvalue weighted by atomic mass is 9.74. The van der Waals surface area contributed by atoms with Crippen LogP contribution in [0.25, 0.3) is 0 Å². The van der Waals surface area contributed by atoms with Gasteiger partial charge in [0.05, 0.1) is 37.6 Å². The van der Waals surface area contributed by atoms with Crippen molar-refractivity contribution >= 4 is 65.0 Å². The van der Waals surface area contributed by atoms with Crippen LogP contribution in [0.2, 0.25) is 0 Å². The SMILES string of the molecule is CCO[C@@H]1C[C@H]2C(=O)NC3(CCC3)C(=O)N(C)[C@@H](C3CCCC3)C(=O)N(C)[C@H](C(=O)N(C)C)CC(=O)N(C)[C@@H](CC(C)(C)C)CN[C@@H]([C@@H](C)CC)C(=O)N(C)CC(=O)N(C)[C@H]3CCCCCN(C3=O)[C@@H](CC3CCC(C(F)(F)F)CC3)C(=O)N(C)CC(=O)N[C@@H](CCC3CC(F)C(C(F)(F)F)C(F)C3)C(=O)N2C1. The summed E-state index contributed by atoms with van der Waals surface area (Å²) in [7, 11) is 11.5. The summed E-state index contributed by atoms with van der Waals surface area (Å²) >= 11 is 0. The second kappa shape index (κ2) is 37.7. The summed E-state index contributed by atoms with van der Waals surface area (Å²) in [4.78, 5) is 178. The molecule has 3 saturated heterocycles. The first kappa shape index (κ1) is 88.7. The molecule has 12 atom stereocenters. The highest BCUT2D eigenvalue weighted by Gasteiger charge is 2.56. The predicted octanol–water partition coefficient (Wildman–Crippen LogP) is 7.44. The summed E-state index contributed by atoms with van der Waals surface area (Å²) in [5.41, 5.74) is -2.08. The van der Waals surface area contributed by atoms with Crippen molar-refractivity contribution in [2.45, 2.75) is 280 Å². The van der Waals surface area contributed by atoms with Crippen molar-refractivity contribution in [1.82, 2.24) is 60.0 Å². The van der Waals surface area contributed by atoms with Gasteiger partial charge in [-0.2, -0.15) is 26.3 Å². The van der Waals surface area contributed by atoms with Crippen molar-refractivity contribution < 1.29 is 92.6 Å². The van der Waals surface area contributed by atoms with Crippen molar-refractivity contribution in [1.29, 1.82) is 0 Å². The molecule has 3 heterocycles. The van der Waals surface area contributed by atoms with E-state index in [2.05, 4.69) is 16.0 Å². The van der Waals surface area contributed by atoms with Crippen LogP contribution >= 0.6 is 0 Å². The van der Waals surface area contributed by atoms with Crippen molar-refractivity contribution in [2.75, 3.05) is 95.7 Å². The van der Waals surface area contributed by atoms with Crippen LogP contribution in [-0.4, -0.2) is 289 Å². The van der Waals surface area contributed by atoms with Crippen molar-refractivity contribution in [3.63, 3.8) is 0 Å². The zero-order chi connectivity index (χ0) is 80.4. The van der Waals surface area contributed by atoms with Crippen LogP contribution in [0.3, 0.4) is 0 Å². The minimum Gasteiger partial charge on any atom is -0.377 e. The van der Waals surface area contributed by atoms with Gasteiger partial charge in [-0.05, 0) is 145 Å². The molecule has 3 N–H and O–H groups in total. The van der Waals surface area contributed by atoms with E-state index in [1.54, 1.807) is 14.0 Å². The van der Waals surface area contributed by atoms with Gasteiger partial charge in [0.1, 0.15) is 60.1 Å². The average Bonchev–Trinajstić information content (AvgIpc) is 0.844. The van der Waals surface area contributed by atoms with E-state index < -0.39 is 223 Å². The fraction of sp³-hybridized carbons (Fsp3) is 0.855. The van der Waals surface area contributed by atoms with Crippen molar-refractivity contribution in [3.05, 3.63) is 0 Å². The molecule has 11 amide bonds. The van der Waals surface area contributed by atoms with Crippen LogP contribution in [0, 0.1) is 40.9 Å². The molecule has 4 saturated carbocycles. The molecule has 7 fully saturated rings. The second-order valence-electron chi connectivity index (χ2n) is 33.7. The minimum atomic E-state index is -5.21. The first-order valence-corrected chi connectivity index (χ1v) is 39.2. The fourth-order valence-corrected chi connectivity index (χ4v) is 17.6. The monoisotopic (exact) mass is 1550 g/mol. The summed E-state index contributed by atoms with van der Waals surface area (Å²) in [6.07, 6.45) is -14.0. The normalized spacial score (nSPS) is 32.0. The average molecular weight is 1550 g/mol. The zero-order valence-electron chi connectivity index (χ0n) is 66.0. The maximum Gasteiger partial charge on any atom is 0.397 e. The Labute approximate surface area is 632 Å². The van der Waals surface area contributed by atoms with Gasteiger partial charge in [-0.1, -0.05) is 66.7 Å². The van der Waals surface area contributed by atoms with Crippen LogP contribution in [-0.2, 0) is 57.5 Å². The van der Waals surface area contributed by atoms with Crippen LogP contribution < -0.4 is 16.0 Å². The predicted molar refractivity (Wildman–Crippen MR) is 386 cm³/mol. The van der Waals surface area contributed by atoms with E-state index in [9.17, 15) is 45.5 Å². The molecule has 7 rings (SSSR count). The molecular formula is C76H122F8N12O12. The molecule has 0 aromatic carbocycles. The Morgan fingerprint density at radius 2 is 1.25 bits per heavy atom. The summed E-state index contributed by atoms with van der Waals surface area (Å²) < 4.78 is 121. The molecule has 1 spiro atoms. The van der Waals surface area contributed by atoms with E-state index in [1.807, 2.05) is 34.6 Å². The van der Waals surface area contributed by atoms with Crippen LogP contribution in [0.1, 0.15) is 196 Å². The topological polar surface area (TPSA) is 262 Å². The molecule has 108 heavy (non-hydrogen) atoms. The van der Waals surface area contributed by atoms with Gasteiger partial charge in [0, 0.05) is 95.1 Å². The fourth-order valence-electron chi connectivity index (χ4n) is 17.6. The van der Waals surface area contributed by atoms with Crippen LogP contribution in [0.5, 0.6) is 0 Å². The van der Waals surface area contributed by atoms with E-state index in [0.717, 1.165) is 9.80 Å². The Bertz CT molecular complexity index is 3130. The molecule has 32 heteroatoms. The highest BCUT2D eigenvalue weighted by atomic mass is 19.4. The van der Waals surface area contributed by atoms with E-state index in [1.165, 1.54) is 83.6 Å². The Balaban J connectivity index is 1.32. The first-order chi connectivity index (χ1) is 50.4. The Morgan fingerprint density at radius 3 is 1.81 bits per heavy atom. The number of hydrogen-bond acceptors (Lipinski definition) is 13. The van der Waals surface area contributed by atoms with Crippen LogP contribution in [0.15, 0.2) is 0 Å². The zero-order valence-corrected chi connectivity index (χ0v) is 66.0. The van der Waals surface area contributed by atoms with Crippen LogP contribution in [0.4, 0.5) is 35.1 Å². The third-order valence-corrected chi connectivity index (χ3v) is 24.4. The number of fused-ring (bicyclic) bond motifs is 3. The summed E-state index contributed by atoms with van der Waals surface area (Å²) in [6, 6.07) is -9.94. The highest BCUT2D eigenvalue weighted by Crippen LogP contribution is 2.46. The number of alkyl halides is 8. The molecule has 24 nitrogen and oxygen atoms in total.